The van der Waals surface area contributed by atoms with Crippen LogP contribution in [0.2, 0.25) is 0 Å². The van der Waals surface area contributed by atoms with E-state index in [1.165, 1.54) is 13.9 Å². The van der Waals surface area contributed by atoms with Gasteiger partial charge in [-0.05, 0) is 35.0 Å². The Bertz CT molecular complexity index is 1600. The Labute approximate surface area is 204 Å². The molecule has 2 N–H and O–H groups in total. The van der Waals surface area contributed by atoms with Crippen LogP contribution in [0.5, 0.6) is 0 Å². The van der Waals surface area contributed by atoms with Gasteiger partial charge in [-0.25, -0.2) is 4.79 Å². The minimum atomic E-state index is -0.523. The van der Waals surface area contributed by atoms with Gasteiger partial charge in [0.2, 0.25) is 5.82 Å². The molecule has 0 spiro atoms. The smallest absolute Gasteiger partial charge is 0.295 e. The molecule has 0 bridgehead atoms. The Morgan fingerprint density at radius 1 is 0.861 bits per heavy atom. The minimum absolute atomic E-state index is 0.227. The number of tetrazole rings is 1. The number of carbonyl (C=O) groups is 2. The SMILES string of the molecule is Cn1c(=O)n(CC(=O)NNC(=O)c2ccc(Cn3nnc(-c4ccccc4)n3)cc2)c2ccccc21. The molecule has 0 saturated heterocycles. The first kappa shape index (κ1) is 22.7. The van der Waals surface area contributed by atoms with Crippen molar-refractivity contribution < 1.29 is 9.59 Å². The zero-order valence-electron chi connectivity index (χ0n) is 19.3. The highest BCUT2D eigenvalue weighted by atomic mass is 16.2. The first-order valence-corrected chi connectivity index (χ1v) is 11.2. The van der Waals surface area contributed by atoms with E-state index in [4.69, 9.17) is 0 Å². The molecule has 0 fully saturated rings. The van der Waals surface area contributed by atoms with Gasteiger partial charge < -0.3 is 0 Å². The third-order valence-electron chi connectivity index (χ3n) is 5.69. The summed E-state index contributed by atoms with van der Waals surface area (Å²) in [5.41, 5.74) is 7.91. The van der Waals surface area contributed by atoms with Crippen LogP contribution in [0.1, 0.15) is 15.9 Å². The van der Waals surface area contributed by atoms with Crippen LogP contribution < -0.4 is 16.5 Å². The number of nitrogens with zero attached hydrogens (tertiary/aromatic N) is 6. The normalized spacial score (nSPS) is 10.9. The maximum atomic E-state index is 12.5. The summed E-state index contributed by atoms with van der Waals surface area (Å²) in [7, 11) is 1.64. The van der Waals surface area contributed by atoms with E-state index in [0.717, 1.165) is 16.6 Å². The van der Waals surface area contributed by atoms with Gasteiger partial charge >= 0.3 is 5.69 Å². The summed E-state index contributed by atoms with van der Waals surface area (Å²) < 4.78 is 2.83. The Kier molecular flexibility index (Phi) is 6.10. The van der Waals surface area contributed by atoms with E-state index in [1.54, 1.807) is 49.5 Å². The second-order valence-corrected chi connectivity index (χ2v) is 8.13. The summed E-state index contributed by atoms with van der Waals surface area (Å²) in [5, 5.41) is 12.5. The third-order valence-corrected chi connectivity index (χ3v) is 5.69. The number of para-hydroxylation sites is 2. The van der Waals surface area contributed by atoms with Crippen molar-refractivity contribution in [2.45, 2.75) is 13.1 Å². The number of carbonyl (C=O) groups excluding carboxylic acids is 2. The van der Waals surface area contributed by atoms with Gasteiger partial charge in [-0.3, -0.25) is 29.6 Å². The number of aryl methyl sites for hydroxylation is 1. The minimum Gasteiger partial charge on any atom is -0.295 e. The standard InChI is InChI=1S/C25H22N8O3/c1-31-20-9-5-6-10-21(20)32(25(31)36)16-22(34)26-28-24(35)19-13-11-17(12-14-19)15-33-29-23(27-30-33)18-7-3-2-4-8-18/h2-14H,15-16H2,1H3,(H,26,34)(H,28,35). The van der Waals surface area contributed by atoms with Crippen molar-refractivity contribution >= 4 is 22.8 Å². The van der Waals surface area contributed by atoms with Gasteiger partial charge in [0.25, 0.3) is 11.8 Å². The molecule has 5 aromatic rings. The molecule has 11 nitrogen and oxygen atoms in total. The molecular weight excluding hydrogens is 460 g/mol. The lowest BCUT2D eigenvalue weighted by atomic mass is 10.1. The van der Waals surface area contributed by atoms with E-state index < -0.39 is 11.8 Å². The van der Waals surface area contributed by atoms with Crippen LogP contribution in [0.15, 0.2) is 83.7 Å². The second-order valence-electron chi connectivity index (χ2n) is 8.13. The lowest BCUT2D eigenvalue weighted by molar-refractivity contribution is -0.122. The molecule has 2 heterocycles. The molecule has 180 valence electrons. The fourth-order valence-corrected chi connectivity index (χ4v) is 3.84. The van der Waals surface area contributed by atoms with Crippen LogP contribution in [-0.2, 0) is 24.9 Å². The topological polar surface area (TPSA) is 129 Å². The number of benzene rings is 3. The first-order chi connectivity index (χ1) is 17.5. The number of imidazole rings is 1. The number of aromatic nitrogens is 6. The summed E-state index contributed by atoms with van der Waals surface area (Å²) in [6, 6.07) is 23.6. The number of rotatable bonds is 6. The lowest BCUT2D eigenvalue weighted by Gasteiger charge is -2.09. The average Bonchev–Trinajstić information content (AvgIpc) is 3.47. The number of fused-ring (bicyclic) bond motifs is 1. The summed E-state index contributed by atoms with van der Waals surface area (Å²) in [6.07, 6.45) is 0. The Balaban J connectivity index is 1.17. The molecule has 0 aliphatic rings. The van der Waals surface area contributed by atoms with E-state index in [9.17, 15) is 14.4 Å². The first-order valence-electron chi connectivity index (χ1n) is 11.2. The molecule has 2 amide bonds. The highest BCUT2D eigenvalue weighted by molar-refractivity contribution is 5.95. The van der Waals surface area contributed by atoms with Crippen molar-refractivity contribution in [1.82, 2.24) is 40.2 Å². The van der Waals surface area contributed by atoms with Gasteiger partial charge in [0.15, 0.2) is 0 Å². The molecule has 0 unspecified atom stereocenters. The molecule has 0 aliphatic carbocycles. The van der Waals surface area contributed by atoms with E-state index in [1.807, 2.05) is 36.4 Å². The van der Waals surface area contributed by atoms with Crippen LogP contribution in [0, 0.1) is 0 Å². The van der Waals surface area contributed by atoms with Crippen LogP contribution in [0.4, 0.5) is 0 Å². The Morgan fingerprint density at radius 2 is 1.56 bits per heavy atom. The van der Waals surface area contributed by atoms with E-state index in [-0.39, 0.29) is 12.2 Å². The van der Waals surface area contributed by atoms with Gasteiger partial charge in [-0.15, -0.1) is 10.2 Å². The van der Waals surface area contributed by atoms with Crippen molar-refractivity contribution in [3.63, 3.8) is 0 Å². The molecular formula is C25H22N8O3. The molecule has 36 heavy (non-hydrogen) atoms. The molecule has 0 atom stereocenters. The molecule has 11 heteroatoms. The molecule has 3 aromatic carbocycles. The van der Waals surface area contributed by atoms with Crippen LogP contribution >= 0.6 is 0 Å². The number of hydrogen-bond acceptors (Lipinski definition) is 6. The van der Waals surface area contributed by atoms with E-state index in [2.05, 4.69) is 26.3 Å². The fraction of sp³-hybridized carbons (Fsp3) is 0.120. The quantitative estimate of drug-likeness (QED) is 0.353. The predicted molar refractivity (Wildman–Crippen MR) is 132 cm³/mol. The fourth-order valence-electron chi connectivity index (χ4n) is 3.84. The molecule has 0 aliphatic heterocycles. The van der Waals surface area contributed by atoms with Crippen LogP contribution in [0.25, 0.3) is 22.4 Å². The van der Waals surface area contributed by atoms with Crippen molar-refractivity contribution in [2.24, 2.45) is 7.05 Å². The van der Waals surface area contributed by atoms with Crippen molar-refractivity contribution in [3.05, 3.63) is 100 Å². The van der Waals surface area contributed by atoms with Crippen molar-refractivity contribution in [3.8, 4) is 11.4 Å². The summed E-state index contributed by atoms with van der Waals surface area (Å²) >= 11 is 0. The van der Waals surface area contributed by atoms with Gasteiger partial charge in [0.1, 0.15) is 6.54 Å². The molecule has 0 radical (unpaired) electrons. The maximum Gasteiger partial charge on any atom is 0.329 e. The molecule has 2 aromatic heterocycles. The van der Waals surface area contributed by atoms with Gasteiger partial charge in [-0.1, -0.05) is 54.6 Å². The highest BCUT2D eigenvalue weighted by Gasteiger charge is 2.14. The largest absolute Gasteiger partial charge is 0.329 e. The zero-order valence-corrected chi connectivity index (χ0v) is 19.3. The number of hydrogen-bond donors (Lipinski definition) is 2. The van der Waals surface area contributed by atoms with E-state index in [0.29, 0.717) is 23.4 Å². The van der Waals surface area contributed by atoms with Gasteiger partial charge in [0, 0.05) is 18.2 Å². The number of hydrazine groups is 1. The molecule has 5 rings (SSSR count). The Hall–Kier alpha value is -5.06. The average molecular weight is 483 g/mol. The van der Waals surface area contributed by atoms with Crippen LogP contribution in [-0.4, -0.2) is 41.2 Å². The predicted octanol–water partition coefficient (Wildman–Crippen LogP) is 1.50. The van der Waals surface area contributed by atoms with Gasteiger partial charge in [0.05, 0.1) is 17.6 Å². The maximum absolute atomic E-state index is 12.5. The zero-order chi connectivity index (χ0) is 25.1. The monoisotopic (exact) mass is 482 g/mol. The second kappa shape index (κ2) is 9.66. The molecule has 0 saturated carbocycles. The van der Waals surface area contributed by atoms with E-state index >= 15 is 0 Å². The highest BCUT2D eigenvalue weighted by Crippen LogP contribution is 2.13. The van der Waals surface area contributed by atoms with Gasteiger partial charge in [-0.2, -0.15) is 4.80 Å². The number of nitrogens with one attached hydrogen (secondary N) is 2. The number of amides is 2. The van der Waals surface area contributed by atoms with Crippen molar-refractivity contribution in [2.75, 3.05) is 0 Å². The summed E-state index contributed by atoms with van der Waals surface area (Å²) in [6.45, 7) is 0.160. The lowest BCUT2D eigenvalue weighted by Crippen LogP contribution is -2.44. The van der Waals surface area contributed by atoms with Crippen molar-refractivity contribution in [1.29, 1.82) is 0 Å². The Morgan fingerprint density at radius 3 is 2.31 bits per heavy atom. The summed E-state index contributed by atoms with van der Waals surface area (Å²) in [5.74, 6) is -0.469. The third kappa shape index (κ3) is 4.62. The summed E-state index contributed by atoms with van der Waals surface area (Å²) in [4.78, 5) is 38.8. The van der Waals surface area contributed by atoms with Crippen LogP contribution in [0.3, 0.4) is 0 Å².